The summed E-state index contributed by atoms with van der Waals surface area (Å²) in [4.78, 5) is 10.5. The third-order valence-electron chi connectivity index (χ3n) is 2.24. The van der Waals surface area contributed by atoms with Crippen LogP contribution in [0.15, 0.2) is 36.4 Å². The molecular weight excluding hydrogens is 192 g/mol. The lowest BCUT2D eigenvalue weighted by atomic mass is 10.1. The van der Waals surface area contributed by atoms with E-state index >= 15 is 0 Å². The zero-order valence-corrected chi connectivity index (χ0v) is 7.97. The minimum Gasteiger partial charge on any atom is -0.508 e. The number of hydrogen-bond donors (Lipinski definition) is 2. The number of carbonyl (C=O) groups is 1. The molecule has 0 aliphatic carbocycles. The fraction of sp³-hybridized carbons (Fsp3) is 0.0833. The zero-order chi connectivity index (χ0) is 10.8. The molecule has 0 aliphatic rings. The molecule has 0 aromatic heterocycles. The van der Waals surface area contributed by atoms with Crippen molar-refractivity contribution >= 4 is 16.7 Å². The molecule has 0 radical (unpaired) electrons. The molecule has 0 bridgehead atoms. The molecule has 76 valence electrons. The Morgan fingerprint density at radius 1 is 1.07 bits per heavy atom. The third-order valence-corrected chi connectivity index (χ3v) is 2.24. The number of rotatable bonds is 2. The monoisotopic (exact) mass is 202 g/mol. The van der Waals surface area contributed by atoms with Crippen LogP contribution in [0.1, 0.15) is 5.56 Å². The third kappa shape index (κ3) is 2.07. The van der Waals surface area contributed by atoms with Crippen molar-refractivity contribution in [3.05, 3.63) is 42.0 Å². The van der Waals surface area contributed by atoms with Gasteiger partial charge in [-0.3, -0.25) is 4.79 Å². The van der Waals surface area contributed by atoms with Crippen molar-refractivity contribution in [2.75, 3.05) is 0 Å². The molecule has 15 heavy (non-hydrogen) atoms. The van der Waals surface area contributed by atoms with Gasteiger partial charge in [-0.15, -0.1) is 0 Å². The molecule has 2 rings (SSSR count). The van der Waals surface area contributed by atoms with Crippen molar-refractivity contribution in [2.45, 2.75) is 6.42 Å². The van der Waals surface area contributed by atoms with Crippen molar-refractivity contribution in [3.8, 4) is 5.75 Å². The molecule has 2 N–H and O–H groups in total. The Hall–Kier alpha value is -2.03. The second-order valence-corrected chi connectivity index (χ2v) is 3.44. The van der Waals surface area contributed by atoms with Gasteiger partial charge in [0.2, 0.25) is 0 Å². The predicted molar refractivity (Wildman–Crippen MR) is 57.0 cm³/mol. The van der Waals surface area contributed by atoms with E-state index < -0.39 is 5.97 Å². The van der Waals surface area contributed by atoms with Crippen LogP contribution in [0.5, 0.6) is 5.75 Å². The maximum absolute atomic E-state index is 10.5. The number of benzene rings is 2. The van der Waals surface area contributed by atoms with E-state index in [1.54, 1.807) is 24.3 Å². The summed E-state index contributed by atoms with van der Waals surface area (Å²) in [5, 5.41) is 19.7. The van der Waals surface area contributed by atoms with Crippen molar-refractivity contribution in [1.29, 1.82) is 0 Å². The first-order valence-electron chi connectivity index (χ1n) is 4.58. The molecule has 0 unspecified atom stereocenters. The van der Waals surface area contributed by atoms with E-state index in [-0.39, 0.29) is 12.2 Å². The van der Waals surface area contributed by atoms with E-state index in [0.29, 0.717) is 0 Å². The van der Waals surface area contributed by atoms with Crippen LogP contribution in [0.25, 0.3) is 10.8 Å². The minimum absolute atomic E-state index is 0.0246. The van der Waals surface area contributed by atoms with Gasteiger partial charge in [-0.05, 0) is 28.5 Å². The van der Waals surface area contributed by atoms with Gasteiger partial charge < -0.3 is 10.2 Å². The second kappa shape index (κ2) is 3.61. The van der Waals surface area contributed by atoms with E-state index in [4.69, 9.17) is 5.11 Å². The first-order valence-corrected chi connectivity index (χ1v) is 4.58. The lowest BCUT2D eigenvalue weighted by Crippen LogP contribution is -1.99. The zero-order valence-electron chi connectivity index (χ0n) is 7.97. The number of phenols is 1. The van der Waals surface area contributed by atoms with Crippen LogP contribution >= 0.6 is 0 Å². The molecule has 2 aromatic rings. The number of aliphatic carboxylic acids is 1. The van der Waals surface area contributed by atoms with Gasteiger partial charge in [-0.1, -0.05) is 24.3 Å². The van der Waals surface area contributed by atoms with Gasteiger partial charge in [0, 0.05) is 0 Å². The summed E-state index contributed by atoms with van der Waals surface area (Å²) in [6, 6.07) is 10.4. The van der Waals surface area contributed by atoms with Gasteiger partial charge >= 0.3 is 5.97 Å². The van der Waals surface area contributed by atoms with E-state index in [1.807, 2.05) is 12.1 Å². The number of carboxylic acids is 1. The van der Waals surface area contributed by atoms with Gasteiger partial charge in [0.25, 0.3) is 0 Å². The van der Waals surface area contributed by atoms with Crippen LogP contribution in [0, 0.1) is 0 Å². The number of carboxylic acid groups (broad SMARTS) is 1. The molecule has 0 fully saturated rings. The van der Waals surface area contributed by atoms with Crippen LogP contribution in [0.2, 0.25) is 0 Å². The summed E-state index contributed by atoms with van der Waals surface area (Å²) in [5.41, 5.74) is 0.765. The number of phenolic OH excluding ortho intramolecular Hbond substituents is 1. The lowest BCUT2D eigenvalue weighted by molar-refractivity contribution is -0.136. The summed E-state index contributed by atoms with van der Waals surface area (Å²) < 4.78 is 0. The van der Waals surface area contributed by atoms with Gasteiger partial charge in [0.15, 0.2) is 0 Å². The van der Waals surface area contributed by atoms with Crippen LogP contribution in [0.3, 0.4) is 0 Å². The summed E-state index contributed by atoms with van der Waals surface area (Å²) in [7, 11) is 0. The smallest absolute Gasteiger partial charge is 0.307 e. The molecule has 0 amide bonds. The van der Waals surface area contributed by atoms with Crippen LogP contribution in [-0.4, -0.2) is 16.2 Å². The molecule has 0 saturated carbocycles. The van der Waals surface area contributed by atoms with Crippen LogP contribution < -0.4 is 0 Å². The first-order chi connectivity index (χ1) is 7.15. The quantitative estimate of drug-likeness (QED) is 0.784. The Bertz CT molecular complexity index is 517. The molecule has 3 nitrogen and oxygen atoms in total. The SMILES string of the molecule is O=C(O)Cc1ccc2cc(O)ccc2c1. The van der Waals surface area contributed by atoms with Gasteiger partial charge in [-0.2, -0.15) is 0 Å². The maximum atomic E-state index is 10.5. The minimum atomic E-state index is -0.840. The Morgan fingerprint density at radius 3 is 2.47 bits per heavy atom. The molecule has 2 aromatic carbocycles. The Morgan fingerprint density at radius 2 is 1.73 bits per heavy atom. The molecule has 0 atom stereocenters. The normalized spacial score (nSPS) is 10.4. The fourth-order valence-corrected chi connectivity index (χ4v) is 1.57. The predicted octanol–water partition coefficient (Wildman–Crippen LogP) is 2.17. The highest BCUT2D eigenvalue weighted by molar-refractivity contribution is 5.85. The van der Waals surface area contributed by atoms with Crippen molar-refractivity contribution < 1.29 is 15.0 Å². The Balaban J connectivity index is 2.47. The molecule has 0 aliphatic heterocycles. The van der Waals surface area contributed by atoms with Gasteiger partial charge in [0.05, 0.1) is 6.42 Å². The summed E-state index contributed by atoms with van der Waals surface area (Å²) >= 11 is 0. The Labute approximate surface area is 86.6 Å². The molecule has 0 heterocycles. The van der Waals surface area contributed by atoms with Crippen molar-refractivity contribution in [2.24, 2.45) is 0 Å². The van der Waals surface area contributed by atoms with Crippen molar-refractivity contribution in [1.82, 2.24) is 0 Å². The largest absolute Gasteiger partial charge is 0.508 e. The average molecular weight is 202 g/mol. The van der Waals surface area contributed by atoms with E-state index in [9.17, 15) is 9.90 Å². The molecular formula is C12H10O3. The fourth-order valence-electron chi connectivity index (χ4n) is 1.57. The van der Waals surface area contributed by atoms with Crippen LogP contribution in [-0.2, 0) is 11.2 Å². The highest BCUT2D eigenvalue weighted by atomic mass is 16.4. The summed E-state index contributed by atoms with van der Waals surface area (Å²) in [5.74, 6) is -0.624. The topological polar surface area (TPSA) is 57.5 Å². The van der Waals surface area contributed by atoms with E-state index in [0.717, 1.165) is 16.3 Å². The molecule has 0 saturated heterocycles. The first kappa shape index (κ1) is 9.52. The highest BCUT2D eigenvalue weighted by Crippen LogP contribution is 2.21. The average Bonchev–Trinajstić information content (AvgIpc) is 2.17. The molecule has 3 heteroatoms. The van der Waals surface area contributed by atoms with Crippen molar-refractivity contribution in [3.63, 3.8) is 0 Å². The summed E-state index contributed by atoms with van der Waals surface area (Å²) in [6.07, 6.45) is 0.0246. The highest BCUT2D eigenvalue weighted by Gasteiger charge is 2.01. The second-order valence-electron chi connectivity index (χ2n) is 3.44. The lowest BCUT2D eigenvalue weighted by Gasteiger charge is -2.01. The van der Waals surface area contributed by atoms with Gasteiger partial charge in [-0.25, -0.2) is 0 Å². The van der Waals surface area contributed by atoms with Crippen LogP contribution in [0.4, 0.5) is 0 Å². The maximum Gasteiger partial charge on any atom is 0.307 e. The standard InChI is InChI=1S/C12H10O3/c13-11-4-3-9-5-8(6-12(14)15)1-2-10(9)7-11/h1-5,7,13H,6H2,(H,14,15). The summed E-state index contributed by atoms with van der Waals surface area (Å²) in [6.45, 7) is 0. The van der Waals surface area contributed by atoms with E-state index in [2.05, 4.69) is 0 Å². The number of hydrogen-bond acceptors (Lipinski definition) is 2. The number of aromatic hydroxyl groups is 1. The Kier molecular flexibility index (Phi) is 2.29. The van der Waals surface area contributed by atoms with Gasteiger partial charge in [0.1, 0.15) is 5.75 Å². The van der Waals surface area contributed by atoms with E-state index in [1.165, 1.54) is 0 Å². The number of fused-ring (bicyclic) bond motifs is 1. The molecule has 0 spiro atoms.